The molecule has 2 aliphatic heterocycles. The summed E-state index contributed by atoms with van der Waals surface area (Å²) in [6.45, 7) is -0.0551. The fourth-order valence-corrected chi connectivity index (χ4v) is 4.14. The molecular formula is C19H36O11. The van der Waals surface area contributed by atoms with E-state index >= 15 is 0 Å². The van der Waals surface area contributed by atoms with Crippen LogP contribution in [0.15, 0.2) is 0 Å². The smallest absolute Gasteiger partial charge is 0.187 e. The first-order valence-corrected chi connectivity index (χ1v) is 9.77. The number of aliphatic hydroxyl groups excluding tert-OH is 1. The highest BCUT2D eigenvalue weighted by Crippen LogP contribution is 2.33. The fourth-order valence-electron chi connectivity index (χ4n) is 4.14. The minimum Gasteiger partial charge on any atom is -0.394 e. The SMILES string of the molecule is COC[C@H]1O[C@H](O[C@H]2[C@H](OC)[C@@H](OC)[C@H](OC)O[C@@H]2CO)[C@H](OC)[C@@H](OC)[C@@H]1OC. The number of aliphatic hydroxyl groups is 1. The monoisotopic (exact) mass is 440 g/mol. The summed E-state index contributed by atoms with van der Waals surface area (Å²) in [6, 6.07) is 0. The van der Waals surface area contributed by atoms with Gasteiger partial charge in [0.2, 0.25) is 0 Å². The van der Waals surface area contributed by atoms with Crippen LogP contribution in [0.4, 0.5) is 0 Å². The lowest BCUT2D eigenvalue weighted by molar-refractivity contribution is -0.365. The number of ether oxygens (including phenoxy) is 10. The van der Waals surface area contributed by atoms with Crippen LogP contribution in [0.25, 0.3) is 0 Å². The number of hydrogen-bond donors (Lipinski definition) is 1. The van der Waals surface area contributed by atoms with Crippen molar-refractivity contribution in [3.63, 3.8) is 0 Å². The highest BCUT2D eigenvalue weighted by Gasteiger charge is 2.53. The first kappa shape index (κ1) is 25.8. The first-order valence-electron chi connectivity index (χ1n) is 9.77. The molecule has 2 saturated heterocycles. The van der Waals surface area contributed by atoms with Gasteiger partial charge in [0.15, 0.2) is 12.6 Å². The van der Waals surface area contributed by atoms with E-state index < -0.39 is 61.4 Å². The van der Waals surface area contributed by atoms with Crippen molar-refractivity contribution < 1.29 is 52.5 Å². The quantitative estimate of drug-likeness (QED) is 0.435. The zero-order valence-electron chi connectivity index (χ0n) is 18.7. The molecule has 11 heteroatoms. The van der Waals surface area contributed by atoms with Crippen LogP contribution in [-0.2, 0) is 47.4 Å². The standard InChI is InChI=1S/C19H36O11/c1-21-9-11-12(22-2)14(23-3)17(26-6)19(29-11)30-13-10(8-20)28-18(27-7)16(25-5)15(13)24-4/h10-20H,8-9H2,1-7H3/t10-,11-,12-,13-,14+,15+,16-,17-,18-,19-/m1/s1. The van der Waals surface area contributed by atoms with Gasteiger partial charge in [0.25, 0.3) is 0 Å². The second-order valence-electron chi connectivity index (χ2n) is 7.06. The molecule has 11 nitrogen and oxygen atoms in total. The second-order valence-corrected chi connectivity index (χ2v) is 7.06. The molecule has 0 amide bonds. The largest absolute Gasteiger partial charge is 0.394 e. The van der Waals surface area contributed by atoms with Crippen LogP contribution in [-0.4, -0.2) is 130 Å². The molecule has 2 aliphatic rings. The van der Waals surface area contributed by atoms with Crippen molar-refractivity contribution in [1.29, 1.82) is 0 Å². The molecule has 10 atom stereocenters. The lowest BCUT2D eigenvalue weighted by Crippen LogP contribution is -2.66. The Kier molecular flexibility index (Phi) is 10.8. The number of methoxy groups -OCH3 is 7. The summed E-state index contributed by atoms with van der Waals surface area (Å²) in [5.74, 6) is 0. The van der Waals surface area contributed by atoms with E-state index in [0.717, 1.165) is 0 Å². The average molecular weight is 440 g/mol. The molecule has 2 rings (SSSR count). The molecule has 0 bridgehead atoms. The Hall–Kier alpha value is -0.440. The van der Waals surface area contributed by atoms with Crippen molar-refractivity contribution in [2.75, 3.05) is 63.0 Å². The summed E-state index contributed by atoms with van der Waals surface area (Å²) in [5, 5.41) is 9.92. The Morgan fingerprint density at radius 2 is 1.07 bits per heavy atom. The van der Waals surface area contributed by atoms with Crippen LogP contribution in [0.2, 0.25) is 0 Å². The maximum absolute atomic E-state index is 9.92. The maximum Gasteiger partial charge on any atom is 0.187 e. The molecule has 0 spiro atoms. The summed E-state index contributed by atoms with van der Waals surface area (Å²) < 4.78 is 56.9. The minimum absolute atomic E-state index is 0.263. The Balaban J connectivity index is 2.30. The van der Waals surface area contributed by atoms with Gasteiger partial charge in [0.1, 0.15) is 48.8 Å². The summed E-state index contributed by atoms with van der Waals surface area (Å²) in [5.41, 5.74) is 0. The molecule has 0 unspecified atom stereocenters. The first-order chi connectivity index (χ1) is 14.5. The van der Waals surface area contributed by atoms with Crippen LogP contribution < -0.4 is 0 Å². The van der Waals surface area contributed by atoms with E-state index in [-0.39, 0.29) is 13.2 Å². The van der Waals surface area contributed by atoms with Gasteiger partial charge >= 0.3 is 0 Å². The van der Waals surface area contributed by atoms with E-state index in [9.17, 15) is 5.11 Å². The predicted molar refractivity (Wildman–Crippen MR) is 102 cm³/mol. The highest BCUT2D eigenvalue weighted by atomic mass is 16.8. The summed E-state index contributed by atoms with van der Waals surface area (Å²) in [7, 11) is 10.8. The fraction of sp³-hybridized carbons (Fsp3) is 1.00. The lowest BCUT2D eigenvalue weighted by Gasteiger charge is -2.49. The molecule has 0 saturated carbocycles. The van der Waals surface area contributed by atoms with Gasteiger partial charge in [-0.2, -0.15) is 0 Å². The summed E-state index contributed by atoms with van der Waals surface area (Å²) in [4.78, 5) is 0. The zero-order valence-corrected chi connectivity index (χ0v) is 18.7. The third kappa shape index (κ3) is 5.30. The molecular weight excluding hydrogens is 404 g/mol. The Bertz CT molecular complexity index is 481. The molecule has 2 fully saturated rings. The lowest BCUT2D eigenvalue weighted by atomic mass is 9.96. The Labute approximate surface area is 177 Å². The van der Waals surface area contributed by atoms with Crippen LogP contribution >= 0.6 is 0 Å². The van der Waals surface area contributed by atoms with Crippen molar-refractivity contribution in [3.8, 4) is 0 Å². The van der Waals surface area contributed by atoms with E-state index in [2.05, 4.69) is 0 Å². The molecule has 30 heavy (non-hydrogen) atoms. The predicted octanol–water partition coefficient (Wildman–Crippen LogP) is -0.818. The van der Waals surface area contributed by atoms with Crippen molar-refractivity contribution in [3.05, 3.63) is 0 Å². The van der Waals surface area contributed by atoms with E-state index in [1.165, 1.54) is 28.4 Å². The highest BCUT2D eigenvalue weighted by molar-refractivity contribution is 4.96. The Morgan fingerprint density at radius 3 is 1.53 bits per heavy atom. The van der Waals surface area contributed by atoms with Crippen LogP contribution in [0.1, 0.15) is 0 Å². The molecule has 0 aromatic carbocycles. The van der Waals surface area contributed by atoms with E-state index in [1.807, 2.05) is 0 Å². The van der Waals surface area contributed by atoms with Gasteiger partial charge in [-0.1, -0.05) is 0 Å². The molecule has 1 N–H and O–H groups in total. The van der Waals surface area contributed by atoms with Gasteiger partial charge in [-0.25, -0.2) is 0 Å². The average Bonchev–Trinajstić information content (AvgIpc) is 2.77. The van der Waals surface area contributed by atoms with Crippen molar-refractivity contribution in [1.82, 2.24) is 0 Å². The molecule has 0 aromatic rings. The van der Waals surface area contributed by atoms with Crippen molar-refractivity contribution in [2.45, 2.75) is 61.4 Å². The molecule has 0 radical (unpaired) electrons. The number of rotatable bonds is 11. The van der Waals surface area contributed by atoms with Crippen LogP contribution in [0, 0.1) is 0 Å². The third-order valence-electron chi connectivity index (χ3n) is 5.58. The number of hydrogen-bond acceptors (Lipinski definition) is 11. The molecule has 0 aromatic heterocycles. The minimum atomic E-state index is -0.872. The second kappa shape index (κ2) is 12.6. The van der Waals surface area contributed by atoms with Crippen molar-refractivity contribution >= 4 is 0 Å². The van der Waals surface area contributed by atoms with Gasteiger partial charge < -0.3 is 52.5 Å². The maximum atomic E-state index is 9.92. The molecule has 0 aliphatic carbocycles. The topological polar surface area (TPSA) is 113 Å². The van der Waals surface area contributed by atoms with Gasteiger partial charge in [-0.3, -0.25) is 0 Å². The zero-order chi connectivity index (χ0) is 22.3. The normalized spacial score (nSPS) is 42.4. The van der Waals surface area contributed by atoms with E-state index in [0.29, 0.717) is 0 Å². The van der Waals surface area contributed by atoms with E-state index in [4.69, 9.17) is 47.4 Å². The molecule has 2 heterocycles. The van der Waals surface area contributed by atoms with Gasteiger partial charge in [0.05, 0.1) is 13.2 Å². The van der Waals surface area contributed by atoms with Gasteiger partial charge in [0, 0.05) is 49.8 Å². The van der Waals surface area contributed by atoms with Crippen molar-refractivity contribution in [2.24, 2.45) is 0 Å². The summed E-state index contributed by atoms with van der Waals surface area (Å²) >= 11 is 0. The van der Waals surface area contributed by atoms with Crippen LogP contribution in [0.5, 0.6) is 0 Å². The third-order valence-corrected chi connectivity index (χ3v) is 5.58. The molecule has 178 valence electrons. The van der Waals surface area contributed by atoms with E-state index in [1.54, 1.807) is 21.3 Å². The summed E-state index contributed by atoms with van der Waals surface area (Å²) in [6.07, 6.45) is -6.27. The Morgan fingerprint density at radius 1 is 0.567 bits per heavy atom. The van der Waals surface area contributed by atoms with Crippen LogP contribution in [0.3, 0.4) is 0 Å². The van der Waals surface area contributed by atoms with Gasteiger partial charge in [-0.15, -0.1) is 0 Å². The van der Waals surface area contributed by atoms with Gasteiger partial charge in [-0.05, 0) is 0 Å².